The molecule has 1 aromatic rings. The van der Waals surface area contributed by atoms with Crippen molar-refractivity contribution < 1.29 is 9.53 Å². The van der Waals surface area contributed by atoms with E-state index in [0.717, 1.165) is 17.3 Å². The van der Waals surface area contributed by atoms with E-state index in [1.54, 1.807) is 6.92 Å². The number of nitrogens with zero attached hydrogens (tertiary/aromatic N) is 1. The van der Waals surface area contributed by atoms with Crippen LogP contribution in [0.3, 0.4) is 0 Å². The van der Waals surface area contributed by atoms with Crippen LogP contribution < -0.4 is 0 Å². The maximum atomic E-state index is 11.5. The van der Waals surface area contributed by atoms with Crippen molar-refractivity contribution >= 4 is 17.7 Å². The average molecular weight is 235 g/mol. The second-order valence-corrected chi connectivity index (χ2v) is 4.13. The molecule has 0 N–H and O–H groups in total. The van der Waals surface area contributed by atoms with Crippen LogP contribution in [0.4, 0.5) is 0 Å². The Morgan fingerprint density at radius 1 is 1.50 bits per heavy atom. The number of thiocyanates is 1. The number of rotatable bonds is 5. The van der Waals surface area contributed by atoms with E-state index in [2.05, 4.69) is 0 Å². The molecule has 1 atom stereocenters. The summed E-state index contributed by atoms with van der Waals surface area (Å²) in [6, 6.07) is 9.61. The number of esters is 1. The molecule has 1 aromatic carbocycles. The van der Waals surface area contributed by atoms with Crippen LogP contribution in [0.15, 0.2) is 30.3 Å². The van der Waals surface area contributed by atoms with Crippen molar-refractivity contribution in [2.75, 3.05) is 6.61 Å². The highest BCUT2D eigenvalue weighted by molar-refractivity contribution is 8.04. The van der Waals surface area contributed by atoms with E-state index in [1.807, 2.05) is 35.7 Å². The average Bonchev–Trinajstić information content (AvgIpc) is 2.30. The highest BCUT2D eigenvalue weighted by Crippen LogP contribution is 2.16. The first-order chi connectivity index (χ1) is 7.77. The van der Waals surface area contributed by atoms with Gasteiger partial charge in [-0.3, -0.25) is 4.79 Å². The van der Waals surface area contributed by atoms with E-state index < -0.39 is 5.25 Å². The molecule has 0 aliphatic heterocycles. The number of carbonyl (C=O) groups excluding carboxylic acids is 1. The standard InChI is InChI=1S/C12H13NO2S/c1-2-15-12(14)11(16-9-13)8-10-6-4-3-5-7-10/h3-7,11H,2,8H2,1H3/t11-/m1/s1. The maximum absolute atomic E-state index is 11.5. The molecule has 0 spiro atoms. The molecule has 0 amide bonds. The summed E-state index contributed by atoms with van der Waals surface area (Å²) in [6.45, 7) is 2.10. The minimum atomic E-state index is -0.438. The van der Waals surface area contributed by atoms with Crippen LogP contribution >= 0.6 is 11.8 Å². The molecular formula is C12H13NO2S. The Labute approximate surface area is 99.4 Å². The second-order valence-electron chi connectivity index (χ2n) is 3.14. The lowest BCUT2D eigenvalue weighted by atomic mass is 10.1. The Morgan fingerprint density at radius 2 is 2.19 bits per heavy atom. The van der Waals surface area contributed by atoms with E-state index in [9.17, 15) is 4.79 Å². The highest BCUT2D eigenvalue weighted by Gasteiger charge is 2.20. The number of carbonyl (C=O) groups is 1. The van der Waals surface area contributed by atoms with Gasteiger partial charge in [0.05, 0.1) is 6.61 Å². The van der Waals surface area contributed by atoms with Crippen molar-refractivity contribution in [1.82, 2.24) is 0 Å². The third kappa shape index (κ3) is 3.95. The van der Waals surface area contributed by atoms with Gasteiger partial charge in [0.1, 0.15) is 10.7 Å². The molecule has 3 nitrogen and oxygen atoms in total. The van der Waals surface area contributed by atoms with Gasteiger partial charge in [-0.1, -0.05) is 30.3 Å². The molecule has 4 heteroatoms. The van der Waals surface area contributed by atoms with Gasteiger partial charge in [0, 0.05) is 0 Å². The lowest BCUT2D eigenvalue weighted by molar-refractivity contribution is -0.142. The molecule has 0 heterocycles. The Balaban J connectivity index is 2.65. The first kappa shape index (κ1) is 12.6. The summed E-state index contributed by atoms with van der Waals surface area (Å²) in [7, 11) is 0. The summed E-state index contributed by atoms with van der Waals surface area (Å²) in [4.78, 5) is 11.5. The van der Waals surface area contributed by atoms with Gasteiger partial charge >= 0.3 is 5.97 Å². The van der Waals surface area contributed by atoms with Crippen LogP contribution in [0.25, 0.3) is 0 Å². The third-order valence-electron chi connectivity index (χ3n) is 2.01. The summed E-state index contributed by atoms with van der Waals surface area (Å²) < 4.78 is 4.92. The van der Waals surface area contributed by atoms with Gasteiger partial charge in [-0.15, -0.1) is 0 Å². The number of benzene rings is 1. The summed E-state index contributed by atoms with van der Waals surface area (Å²) in [5.41, 5.74) is 1.03. The van der Waals surface area contributed by atoms with Crippen LogP contribution in [0, 0.1) is 10.7 Å². The number of ether oxygens (including phenoxy) is 1. The van der Waals surface area contributed by atoms with Crippen molar-refractivity contribution in [2.24, 2.45) is 0 Å². The molecule has 0 unspecified atom stereocenters. The maximum Gasteiger partial charge on any atom is 0.320 e. The van der Waals surface area contributed by atoms with Crippen LogP contribution in [0.1, 0.15) is 12.5 Å². The molecule has 0 saturated carbocycles. The first-order valence-electron chi connectivity index (χ1n) is 5.03. The largest absolute Gasteiger partial charge is 0.465 e. The summed E-state index contributed by atoms with van der Waals surface area (Å²) in [5.74, 6) is -0.321. The zero-order chi connectivity index (χ0) is 11.8. The molecule has 0 aliphatic rings. The fourth-order valence-electron chi connectivity index (χ4n) is 1.30. The molecule has 16 heavy (non-hydrogen) atoms. The quantitative estimate of drug-likeness (QED) is 0.580. The Kier molecular flexibility index (Phi) is 5.44. The first-order valence-corrected chi connectivity index (χ1v) is 5.91. The lowest BCUT2D eigenvalue weighted by Gasteiger charge is -2.11. The van der Waals surface area contributed by atoms with Gasteiger partial charge < -0.3 is 4.74 Å². The van der Waals surface area contributed by atoms with E-state index in [1.165, 1.54) is 0 Å². The zero-order valence-corrected chi connectivity index (χ0v) is 9.87. The lowest BCUT2D eigenvalue weighted by Crippen LogP contribution is -2.22. The molecule has 0 saturated heterocycles. The SMILES string of the molecule is CCOC(=O)[C@@H](Cc1ccccc1)SC#N. The predicted octanol–water partition coefficient (Wildman–Crippen LogP) is 2.38. The number of nitriles is 1. The Bertz CT molecular complexity index is 372. The van der Waals surface area contributed by atoms with Gasteiger partial charge in [0.25, 0.3) is 0 Å². The van der Waals surface area contributed by atoms with Crippen LogP contribution in [-0.4, -0.2) is 17.8 Å². The third-order valence-corrected chi connectivity index (χ3v) is 2.76. The van der Waals surface area contributed by atoms with E-state index in [0.29, 0.717) is 13.0 Å². The van der Waals surface area contributed by atoms with Crippen LogP contribution in [0.5, 0.6) is 0 Å². The number of thioether (sulfide) groups is 1. The fourth-order valence-corrected chi connectivity index (χ4v) is 1.87. The van der Waals surface area contributed by atoms with Crippen molar-refractivity contribution in [3.8, 4) is 5.40 Å². The van der Waals surface area contributed by atoms with Crippen molar-refractivity contribution in [2.45, 2.75) is 18.6 Å². The summed E-state index contributed by atoms with van der Waals surface area (Å²) >= 11 is 0.950. The van der Waals surface area contributed by atoms with Crippen LogP contribution in [0.2, 0.25) is 0 Å². The second kappa shape index (κ2) is 6.91. The molecule has 0 bridgehead atoms. The molecule has 84 valence electrons. The minimum absolute atomic E-state index is 0.321. The number of hydrogen-bond acceptors (Lipinski definition) is 4. The monoisotopic (exact) mass is 235 g/mol. The van der Waals surface area contributed by atoms with Gasteiger partial charge in [0.15, 0.2) is 0 Å². The molecule has 0 aromatic heterocycles. The molecular weight excluding hydrogens is 222 g/mol. The predicted molar refractivity (Wildman–Crippen MR) is 63.8 cm³/mol. The van der Waals surface area contributed by atoms with Gasteiger partial charge in [-0.2, -0.15) is 5.26 Å². The summed E-state index contributed by atoms with van der Waals surface area (Å²) in [5, 5.41) is 10.1. The van der Waals surface area contributed by atoms with Crippen molar-refractivity contribution in [1.29, 1.82) is 5.26 Å². The Hall–Kier alpha value is -1.47. The topological polar surface area (TPSA) is 50.1 Å². The van der Waals surface area contributed by atoms with Gasteiger partial charge in [0.2, 0.25) is 0 Å². The normalized spacial score (nSPS) is 11.5. The molecule has 0 radical (unpaired) electrons. The smallest absolute Gasteiger partial charge is 0.320 e. The van der Waals surface area contributed by atoms with E-state index in [-0.39, 0.29) is 5.97 Å². The molecule has 0 aliphatic carbocycles. The fraction of sp³-hybridized carbons (Fsp3) is 0.333. The Morgan fingerprint density at radius 3 is 2.75 bits per heavy atom. The van der Waals surface area contributed by atoms with Crippen LogP contribution in [-0.2, 0) is 16.0 Å². The van der Waals surface area contributed by atoms with Crippen molar-refractivity contribution in [3.63, 3.8) is 0 Å². The van der Waals surface area contributed by atoms with E-state index >= 15 is 0 Å². The van der Waals surface area contributed by atoms with E-state index in [4.69, 9.17) is 10.00 Å². The molecule has 0 fully saturated rings. The van der Waals surface area contributed by atoms with Crippen molar-refractivity contribution in [3.05, 3.63) is 35.9 Å². The summed E-state index contributed by atoms with van der Waals surface area (Å²) in [6.07, 6.45) is 0.526. The van der Waals surface area contributed by atoms with Gasteiger partial charge in [-0.05, 0) is 30.7 Å². The highest BCUT2D eigenvalue weighted by atomic mass is 32.2. The minimum Gasteiger partial charge on any atom is -0.465 e. The van der Waals surface area contributed by atoms with Gasteiger partial charge in [-0.25, -0.2) is 0 Å². The zero-order valence-electron chi connectivity index (χ0n) is 9.05. The number of hydrogen-bond donors (Lipinski definition) is 0. The molecule has 1 rings (SSSR count).